The summed E-state index contributed by atoms with van der Waals surface area (Å²) in [6.07, 6.45) is 5.72. The van der Waals surface area contributed by atoms with Crippen molar-refractivity contribution in [1.82, 2.24) is 9.88 Å². The van der Waals surface area contributed by atoms with Crippen molar-refractivity contribution in [3.8, 4) is 5.75 Å². The number of alkyl halides is 1. The van der Waals surface area contributed by atoms with Gasteiger partial charge in [-0.1, -0.05) is 23.7 Å². The number of aromatic nitrogens is 1. The van der Waals surface area contributed by atoms with E-state index in [1.54, 1.807) is 19.4 Å². The Morgan fingerprint density at radius 2 is 2.08 bits per heavy atom. The quantitative estimate of drug-likeness (QED) is 0.254. The number of carboxylic acid groups (broad SMARTS) is 1. The molecule has 0 radical (unpaired) electrons. The lowest BCUT2D eigenvalue weighted by Crippen LogP contribution is -2.41. The van der Waals surface area contributed by atoms with Gasteiger partial charge < -0.3 is 14.7 Å². The van der Waals surface area contributed by atoms with E-state index < -0.39 is 12.1 Å². The number of aliphatic carboxylic acids is 1. The molecule has 198 valence electrons. The first-order valence-corrected chi connectivity index (χ1v) is 13.6. The number of likely N-dealkylation sites (tertiary alicyclic amines) is 1. The fourth-order valence-electron chi connectivity index (χ4n) is 5.61. The maximum Gasteiger partial charge on any atom is 0.303 e. The number of unbranched alkanes of at least 4 members (excludes halogenated alkanes) is 1. The van der Waals surface area contributed by atoms with Gasteiger partial charge in [-0.2, -0.15) is 0 Å². The Bertz CT molecular complexity index is 1190. The fourth-order valence-corrected chi connectivity index (χ4v) is 5.83. The molecule has 1 aromatic heterocycles. The van der Waals surface area contributed by atoms with Gasteiger partial charge in [0.15, 0.2) is 0 Å². The lowest BCUT2D eigenvalue weighted by Gasteiger charge is -2.38. The number of hydrogen-bond donors (Lipinski definition) is 1. The van der Waals surface area contributed by atoms with E-state index in [0.717, 1.165) is 61.2 Å². The molecule has 1 aliphatic heterocycles. The van der Waals surface area contributed by atoms with Gasteiger partial charge in [0, 0.05) is 29.6 Å². The van der Waals surface area contributed by atoms with Crippen molar-refractivity contribution in [1.29, 1.82) is 0 Å². The van der Waals surface area contributed by atoms with Crippen LogP contribution in [0.15, 0.2) is 54.7 Å². The third kappa shape index (κ3) is 7.65. The highest BCUT2D eigenvalue weighted by atomic mass is 35.5. The predicted molar refractivity (Wildman–Crippen MR) is 146 cm³/mol. The van der Waals surface area contributed by atoms with Crippen LogP contribution in [0.2, 0.25) is 5.02 Å². The van der Waals surface area contributed by atoms with E-state index in [0.29, 0.717) is 24.2 Å². The number of pyridine rings is 1. The molecule has 0 unspecified atom stereocenters. The highest BCUT2D eigenvalue weighted by Gasteiger charge is 2.31. The summed E-state index contributed by atoms with van der Waals surface area (Å²) in [4.78, 5) is 18.4. The molecule has 1 fully saturated rings. The Balaban J connectivity index is 1.31. The van der Waals surface area contributed by atoms with E-state index in [1.807, 2.05) is 36.4 Å². The number of methoxy groups -OCH3 is 1. The number of nitrogens with zero attached hydrogens (tertiary/aromatic N) is 2. The van der Waals surface area contributed by atoms with Gasteiger partial charge in [0.2, 0.25) is 0 Å². The SMILES string of the molecule is COc1ccc2nccc([C@@H](F)CC[C@@H]3CCN(CCCCc4cccc(Cl)c4)C[C@@H]3CC(=O)O)c2c1. The summed E-state index contributed by atoms with van der Waals surface area (Å²) in [5.74, 6) is 0.151. The molecule has 5 nitrogen and oxygen atoms in total. The number of hydrogen-bond acceptors (Lipinski definition) is 4. The van der Waals surface area contributed by atoms with Crippen LogP contribution in [-0.4, -0.2) is 47.7 Å². The highest BCUT2D eigenvalue weighted by molar-refractivity contribution is 6.30. The van der Waals surface area contributed by atoms with E-state index in [4.69, 9.17) is 16.3 Å². The lowest BCUT2D eigenvalue weighted by molar-refractivity contribution is -0.139. The lowest BCUT2D eigenvalue weighted by atomic mass is 9.79. The van der Waals surface area contributed by atoms with Crippen molar-refractivity contribution in [3.05, 3.63) is 70.9 Å². The summed E-state index contributed by atoms with van der Waals surface area (Å²) < 4.78 is 20.8. The second-order valence-electron chi connectivity index (χ2n) is 10.1. The molecule has 0 bridgehead atoms. The molecule has 0 spiro atoms. The highest BCUT2D eigenvalue weighted by Crippen LogP contribution is 2.36. The zero-order chi connectivity index (χ0) is 26.2. The number of rotatable bonds is 12. The smallest absolute Gasteiger partial charge is 0.303 e. The standard InChI is InChI=1S/C30H36ClFN2O3/c1-37-25-9-11-29-27(19-25)26(12-14-33-29)28(32)10-8-22-13-16-34(20-23(22)18-30(35)36)15-3-2-5-21-6-4-7-24(31)17-21/h4,6-7,9,11-12,14,17,19,22-23,28H,2-3,5,8,10,13,15-16,18,20H2,1H3,(H,35,36)/t22-,23+,28+/m1/s1. The molecular formula is C30H36ClFN2O3. The van der Waals surface area contributed by atoms with Gasteiger partial charge in [0.25, 0.3) is 0 Å². The van der Waals surface area contributed by atoms with Gasteiger partial charge >= 0.3 is 5.97 Å². The van der Waals surface area contributed by atoms with Gasteiger partial charge in [-0.05, 0) is 111 Å². The minimum absolute atomic E-state index is 0.0423. The summed E-state index contributed by atoms with van der Waals surface area (Å²) in [6, 6.07) is 15.2. The van der Waals surface area contributed by atoms with Gasteiger partial charge in [-0.25, -0.2) is 4.39 Å². The Labute approximate surface area is 223 Å². The summed E-state index contributed by atoms with van der Waals surface area (Å²) in [5.41, 5.74) is 2.61. The van der Waals surface area contributed by atoms with Crippen molar-refractivity contribution in [2.75, 3.05) is 26.7 Å². The van der Waals surface area contributed by atoms with E-state index in [-0.39, 0.29) is 18.3 Å². The summed E-state index contributed by atoms with van der Waals surface area (Å²) in [5, 5.41) is 11.1. The van der Waals surface area contributed by atoms with Crippen LogP contribution in [0.1, 0.15) is 55.8 Å². The molecule has 0 aliphatic carbocycles. The molecule has 1 aliphatic rings. The average molecular weight is 527 g/mol. The van der Waals surface area contributed by atoms with E-state index in [1.165, 1.54) is 5.56 Å². The van der Waals surface area contributed by atoms with Crippen LogP contribution >= 0.6 is 11.6 Å². The zero-order valence-corrected chi connectivity index (χ0v) is 22.2. The van der Waals surface area contributed by atoms with Crippen LogP contribution in [0.3, 0.4) is 0 Å². The Morgan fingerprint density at radius 3 is 2.86 bits per heavy atom. The molecule has 2 heterocycles. The normalized spacial score (nSPS) is 19.1. The first-order chi connectivity index (χ1) is 17.9. The van der Waals surface area contributed by atoms with Gasteiger partial charge in [-0.15, -0.1) is 0 Å². The minimum Gasteiger partial charge on any atom is -0.497 e. The van der Waals surface area contributed by atoms with Crippen LogP contribution in [0, 0.1) is 11.8 Å². The third-order valence-corrected chi connectivity index (χ3v) is 7.84. The maximum atomic E-state index is 15.5. The zero-order valence-electron chi connectivity index (χ0n) is 21.4. The second-order valence-corrected chi connectivity index (χ2v) is 10.6. The van der Waals surface area contributed by atoms with Crippen LogP contribution in [-0.2, 0) is 11.2 Å². The molecular weight excluding hydrogens is 491 g/mol. The molecule has 3 aromatic rings. The Hall–Kier alpha value is -2.70. The molecule has 0 amide bonds. The first kappa shape index (κ1) is 27.3. The van der Waals surface area contributed by atoms with E-state index >= 15 is 4.39 Å². The summed E-state index contributed by atoms with van der Waals surface area (Å²) >= 11 is 6.08. The third-order valence-electron chi connectivity index (χ3n) is 7.60. The fraction of sp³-hybridized carbons (Fsp3) is 0.467. The first-order valence-electron chi connectivity index (χ1n) is 13.2. The topological polar surface area (TPSA) is 62.7 Å². The van der Waals surface area contributed by atoms with E-state index in [9.17, 15) is 9.90 Å². The Morgan fingerprint density at radius 1 is 1.22 bits per heavy atom. The van der Waals surface area contributed by atoms with Gasteiger partial charge in [0.1, 0.15) is 11.9 Å². The molecule has 37 heavy (non-hydrogen) atoms. The number of fused-ring (bicyclic) bond motifs is 1. The number of benzene rings is 2. The molecule has 7 heteroatoms. The predicted octanol–water partition coefficient (Wildman–Crippen LogP) is 7.12. The number of halogens is 2. The van der Waals surface area contributed by atoms with Gasteiger partial charge in [-0.3, -0.25) is 9.78 Å². The molecule has 3 atom stereocenters. The van der Waals surface area contributed by atoms with Crippen molar-refractivity contribution in [2.24, 2.45) is 11.8 Å². The average Bonchev–Trinajstić information content (AvgIpc) is 2.89. The minimum atomic E-state index is -1.13. The van der Waals surface area contributed by atoms with Crippen LogP contribution in [0.4, 0.5) is 4.39 Å². The molecule has 0 saturated carbocycles. The molecule has 1 saturated heterocycles. The van der Waals surface area contributed by atoms with Crippen LogP contribution in [0.5, 0.6) is 5.75 Å². The summed E-state index contributed by atoms with van der Waals surface area (Å²) in [7, 11) is 1.60. The molecule has 2 aromatic carbocycles. The number of piperidine rings is 1. The molecule has 1 N–H and O–H groups in total. The number of aryl methyl sites for hydroxylation is 1. The van der Waals surface area contributed by atoms with Crippen molar-refractivity contribution >= 4 is 28.5 Å². The Kier molecular flexibility index (Phi) is 9.75. The molecule has 4 rings (SSSR count). The van der Waals surface area contributed by atoms with Crippen LogP contribution < -0.4 is 4.74 Å². The monoisotopic (exact) mass is 526 g/mol. The van der Waals surface area contributed by atoms with Crippen molar-refractivity contribution < 1.29 is 19.0 Å². The van der Waals surface area contributed by atoms with Gasteiger partial charge in [0.05, 0.1) is 12.6 Å². The number of carbonyl (C=O) groups is 1. The second kappa shape index (κ2) is 13.2. The van der Waals surface area contributed by atoms with Crippen molar-refractivity contribution in [2.45, 2.75) is 51.1 Å². The maximum absolute atomic E-state index is 15.5. The number of ether oxygens (including phenoxy) is 1. The van der Waals surface area contributed by atoms with Crippen LogP contribution in [0.25, 0.3) is 10.9 Å². The van der Waals surface area contributed by atoms with E-state index in [2.05, 4.69) is 16.0 Å². The van der Waals surface area contributed by atoms with Crippen molar-refractivity contribution in [3.63, 3.8) is 0 Å². The number of carboxylic acids is 1. The summed E-state index contributed by atoms with van der Waals surface area (Å²) in [6.45, 7) is 2.66. The largest absolute Gasteiger partial charge is 0.497 e.